The molecule has 0 spiro atoms. The van der Waals surface area contributed by atoms with E-state index in [-0.39, 0.29) is 11.7 Å². The predicted octanol–water partition coefficient (Wildman–Crippen LogP) is 2.38. The molecule has 0 radical (unpaired) electrons. The lowest BCUT2D eigenvalue weighted by Gasteiger charge is -2.16. The van der Waals surface area contributed by atoms with Crippen LogP contribution in [0.4, 0.5) is 0 Å². The number of methoxy groups -OCH3 is 1. The van der Waals surface area contributed by atoms with Gasteiger partial charge in [0, 0.05) is 18.0 Å². The lowest BCUT2D eigenvalue weighted by molar-refractivity contribution is 0.0910. The average molecular weight is 235 g/mol. The predicted molar refractivity (Wildman–Crippen MR) is 69.8 cm³/mol. The maximum atomic E-state index is 12.2. The number of ketones is 1. The number of rotatable bonds is 5. The Morgan fingerprint density at radius 3 is 2.53 bits per heavy atom. The molecule has 0 aromatic heterocycles. The summed E-state index contributed by atoms with van der Waals surface area (Å²) in [5.74, 6) is 1.02. The van der Waals surface area contributed by atoms with E-state index in [1.165, 1.54) is 0 Å². The van der Waals surface area contributed by atoms with Crippen molar-refractivity contribution in [3.05, 3.63) is 29.3 Å². The summed E-state index contributed by atoms with van der Waals surface area (Å²) >= 11 is 0. The second-order valence-corrected chi connectivity index (χ2v) is 4.71. The van der Waals surface area contributed by atoms with Crippen molar-refractivity contribution < 1.29 is 9.53 Å². The van der Waals surface area contributed by atoms with Gasteiger partial charge in [0.2, 0.25) is 0 Å². The fourth-order valence-electron chi connectivity index (χ4n) is 1.95. The van der Waals surface area contributed by atoms with E-state index < -0.39 is 0 Å². The van der Waals surface area contributed by atoms with Crippen molar-refractivity contribution in [1.82, 2.24) is 4.90 Å². The molecule has 0 fully saturated rings. The van der Waals surface area contributed by atoms with E-state index in [0.29, 0.717) is 0 Å². The zero-order chi connectivity index (χ0) is 13.0. The van der Waals surface area contributed by atoms with Crippen LogP contribution in [0.25, 0.3) is 0 Å². The summed E-state index contributed by atoms with van der Waals surface area (Å²) in [6, 6.07) is 5.58. The average Bonchev–Trinajstić information content (AvgIpc) is 2.27. The number of benzene rings is 1. The van der Waals surface area contributed by atoms with Crippen molar-refractivity contribution in [1.29, 1.82) is 0 Å². The number of carbonyl (C=O) groups is 1. The molecule has 0 saturated carbocycles. The van der Waals surface area contributed by atoms with Gasteiger partial charge in [-0.05, 0) is 44.8 Å². The highest BCUT2D eigenvalue weighted by Gasteiger charge is 2.16. The molecule has 0 aliphatic rings. The van der Waals surface area contributed by atoms with Gasteiger partial charge >= 0.3 is 0 Å². The normalized spacial score (nSPS) is 12.6. The van der Waals surface area contributed by atoms with Gasteiger partial charge in [-0.2, -0.15) is 0 Å². The molecular formula is C14H21NO2. The van der Waals surface area contributed by atoms with Gasteiger partial charge in [-0.15, -0.1) is 0 Å². The molecule has 1 rings (SSSR count). The molecule has 3 nitrogen and oxygen atoms in total. The van der Waals surface area contributed by atoms with Crippen molar-refractivity contribution in [2.24, 2.45) is 5.92 Å². The molecule has 1 aromatic carbocycles. The first-order chi connectivity index (χ1) is 7.95. The van der Waals surface area contributed by atoms with Crippen LogP contribution >= 0.6 is 0 Å². The molecule has 1 unspecified atom stereocenters. The van der Waals surface area contributed by atoms with Crippen LogP contribution in [0, 0.1) is 12.8 Å². The molecule has 0 heterocycles. The fourth-order valence-corrected chi connectivity index (χ4v) is 1.95. The Labute approximate surface area is 103 Å². The van der Waals surface area contributed by atoms with E-state index in [4.69, 9.17) is 4.74 Å². The summed E-state index contributed by atoms with van der Waals surface area (Å²) in [7, 11) is 5.59. The quantitative estimate of drug-likeness (QED) is 0.734. The van der Waals surface area contributed by atoms with Crippen LogP contribution in [-0.4, -0.2) is 38.4 Å². The van der Waals surface area contributed by atoms with Crippen LogP contribution < -0.4 is 4.74 Å². The van der Waals surface area contributed by atoms with Crippen LogP contribution in [0.3, 0.4) is 0 Å². The molecule has 17 heavy (non-hydrogen) atoms. The summed E-state index contributed by atoms with van der Waals surface area (Å²) in [6.45, 7) is 4.68. The lowest BCUT2D eigenvalue weighted by atomic mass is 9.97. The number of ether oxygens (including phenoxy) is 1. The molecular weight excluding hydrogens is 214 g/mol. The van der Waals surface area contributed by atoms with Gasteiger partial charge in [-0.1, -0.05) is 6.92 Å². The molecule has 3 heteroatoms. The van der Waals surface area contributed by atoms with Crippen LogP contribution in [-0.2, 0) is 0 Å². The number of hydrogen-bond acceptors (Lipinski definition) is 3. The van der Waals surface area contributed by atoms with E-state index in [2.05, 4.69) is 0 Å². The number of hydrogen-bond donors (Lipinski definition) is 0. The lowest BCUT2D eigenvalue weighted by Crippen LogP contribution is -2.25. The molecule has 94 valence electrons. The smallest absolute Gasteiger partial charge is 0.166 e. The molecule has 0 N–H and O–H groups in total. The van der Waals surface area contributed by atoms with Gasteiger partial charge < -0.3 is 9.64 Å². The molecule has 0 saturated heterocycles. The minimum atomic E-state index is 0.0118. The van der Waals surface area contributed by atoms with Gasteiger partial charge in [-0.25, -0.2) is 0 Å². The molecule has 1 atom stereocenters. The molecule has 0 bridgehead atoms. The van der Waals surface area contributed by atoms with Crippen molar-refractivity contribution in [2.75, 3.05) is 27.7 Å². The maximum Gasteiger partial charge on any atom is 0.166 e. The number of nitrogens with zero attached hydrogens (tertiary/aromatic N) is 1. The highest BCUT2D eigenvalue weighted by molar-refractivity contribution is 5.98. The van der Waals surface area contributed by atoms with Gasteiger partial charge in [0.1, 0.15) is 5.75 Å². The largest absolute Gasteiger partial charge is 0.496 e. The molecule has 0 aliphatic heterocycles. The highest BCUT2D eigenvalue weighted by atomic mass is 16.5. The Morgan fingerprint density at radius 1 is 1.41 bits per heavy atom. The number of Topliss-reactive ketones (excluding diaryl/α,β-unsaturated/α-hetero) is 1. The molecule has 0 amide bonds. The summed E-state index contributed by atoms with van der Waals surface area (Å²) in [5.41, 5.74) is 1.76. The Morgan fingerprint density at radius 2 is 2.06 bits per heavy atom. The zero-order valence-corrected chi connectivity index (χ0v) is 11.3. The van der Waals surface area contributed by atoms with E-state index in [1.807, 2.05) is 51.0 Å². The van der Waals surface area contributed by atoms with Crippen molar-refractivity contribution in [3.63, 3.8) is 0 Å². The first-order valence-corrected chi connectivity index (χ1v) is 5.79. The minimum Gasteiger partial charge on any atom is -0.496 e. The minimum absolute atomic E-state index is 0.0118. The van der Waals surface area contributed by atoms with E-state index in [9.17, 15) is 4.79 Å². The van der Waals surface area contributed by atoms with E-state index in [1.54, 1.807) is 7.11 Å². The molecule has 0 aliphatic carbocycles. The van der Waals surface area contributed by atoms with Crippen LogP contribution in [0.1, 0.15) is 22.8 Å². The summed E-state index contributed by atoms with van der Waals surface area (Å²) in [5, 5.41) is 0. The van der Waals surface area contributed by atoms with Gasteiger partial charge in [0.15, 0.2) is 5.78 Å². The fraction of sp³-hybridized carbons (Fsp3) is 0.500. The standard InChI is InChI=1S/C14H21NO2/c1-10-8-12(6-7-13(10)17-5)14(16)11(2)9-15(3)4/h6-8,11H,9H2,1-5H3. The number of aryl methyl sites for hydroxylation is 1. The maximum absolute atomic E-state index is 12.2. The Kier molecular flexibility index (Phi) is 4.70. The Bertz CT molecular complexity index is 399. The topological polar surface area (TPSA) is 29.5 Å². The van der Waals surface area contributed by atoms with Gasteiger partial charge in [-0.3, -0.25) is 4.79 Å². The Hall–Kier alpha value is -1.35. The van der Waals surface area contributed by atoms with Crippen molar-refractivity contribution in [2.45, 2.75) is 13.8 Å². The Balaban J connectivity index is 2.86. The monoisotopic (exact) mass is 235 g/mol. The highest BCUT2D eigenvalue weighted by Crippen LogP contribution is 2.20. The summed E-state index contributed by atoms with van der Waals surface area (Å²) in [6.07, 6.45) is 0. The van der Waals surface area contributed by atoms with E-state index in [0.717, 1.165) is 23.4 Å². The third kappa shape index (κ3) is 3.56. The van der Waals surface area contributed by atoms with Crippen molar-refractivity contribution >= 4 is 5.78 Å². The second kappa shape index (κ2) is 5.82. The third-order valence-electron chi connectivity index (χ3n) is 2.77. The van der Waals surface area contributed by atoms with Gasteiger partial charge in [0.05, 0.1) is 7.11 Å². The first-order valence-electron chi connectivity index (χ1n) is 5.79. The zero-order valence-electron chi connectivity index (χ0n) is 11.3. The summed E-state index contributed by atoms with van der Waals surface area (Å²) < 4.78 is 5.19. The summed E-state index contributed by atoms with van der Waals surface area (Å²) in [4.78, 5) is 14.2. The molecule has 1 aromatic rings. The van der Waals surface area contributed by atoms with E-state index >= 15 is 0 Å². The van der Waals surface area contributed by atoms with Crippen LogP contribution in [0.5, 0.6) is 5.75 Å². The number of carbonyl (C=O) groups excluding carboxylic acids is 1. The second-order valence-electron chi connectivity index (χ2n) is 4.71. The van der Waals surface area contributed by atoms with Crippen LogP contribution in [0.15, 0.2) is 18.2 Å². The van der Waals surface area contributed by atoms with Crippen LogP contribution in [0.2, 0.25) is 0 Å². The first kappa shape index (κ1) is 13.7. The van der Waals surface area contributed by atoms with Crippen molar-refractivity contribution in [3.8, 4) is 5.75 Å². The third-order valence-corrected chi connectivity index (χ3v) is 2.77. The van der Waals surface area contributed by atoms with Gasteiger partial charge in [0.25, 0.3) is 0 Å². The SMILES string of the molecule is COc1ccc(C(=O)C(C)CN(C)C)cc1C.